The van der Waals surface area contributed by atoms with Gasteiger partial charge in [0.1, 0.15) is 5.75 Å². The van der Waals surface area contributed by atoms with Crippen LogP contribution in [0.4, 0.5) is 5.69 Å². The minimum atomic E-state index is -0.312. The molecule has 0 atom stereocenters. The van der Waals surface area contributed by atoms with E-state index in [1.54, 1.807) is 6.21 Å². The zero-order chi connectivity index (χ0) is 18.4. The lowest BCUT2D eigenvalue weighted by atomic mass is 10.1. The Bertz CT molecular complexity index is 748. The summed E-state index contributed by atoms with van der Waals surface area (Å²) in [6.07, 6.45) is 1.60. The van der Waals surface area contributed by atoms with Gasteiger partial charge in [0.05, 0.1) is 10.7 Å². The number of nitrogens with zero attached hydrogens (tertiary/aromatic N) is 2. The molecule has 1 N–H and O–H groups in total. The Kier molecular flexibility index (Phi) is 6.58. The molecule has 0 radical (unpaired) electrons. The maximum Gasteiger partial charge on any atom is 0.277 e. The smallest absolute Gasteiger partial charge is 0.277 e. The van der Waals surface area contributed by atoms with E-state index in [0.717, 1.165) is 26.9 Å². The predicted octanol–water partition coefficient (Wildman–Crippen LogP) is 3.66. The first-order valence-corrected chi connectivity index (χ1v) is 8.65. The molecule has 2 aromatic rings. The summed E-state index contributed by atoms with van der Waals surface area (Å²) >= 11 is 3.46. The quantitative estimate of drug-likeness (QED) is 0.591. The van der Waals surface area contributed by atoms with Crippen molar-refractivity contribution in [3.05, 3.63) is 57.6 Å². The van der Waals surface area contributed by atoms with Gasteiger partial charge >= 0.3 is 0 Å². The zero-order valence-corrected chi connectivity index (χ0v) is 16.4. The van der Waals surface area contributed by atoms with Crippen LogP contribution in [-0.4, -0.2) is 32.8 Å². The van der Waals surface area contributed by atoms with Gasteiger partial charge in [-0.15, -0.1) is 0 Å². The van der Waals surface area contributed by atoms with Gasteiger partial charge in [-0.3, -0.25) is 4.79 Å². The molecule has 1 amide bonds. The van der Waals surface area contributed by atoms with Crippen LogP contribution < -0.4 is 15.1 Å². The van der Waals surface area contributed by atoms with Crippen molar-refractivity contribution >= 4 is 33.7 Å². The van der Waals surface area contributed by atoms with Gasteiger partial charge in [0, 0.05) is 19.8 Å². The molecule has 2 aromatic carbocycles. The first-order chi connectivity index (χ1) is 11.9. The summed E-state index contributed by atoms with van der Waals surface area (Å²) in [6.45, 7) is 3.86. The molecule has 0 bridgehead atoms. The Morgan fingerprint density at radius 3 is 2.52 bits per heavy atom. The number of hydrogen-bond acceptors (Lipinski definition) is 4. The summed E-state index contributed by atoms with van der Waals surface area (Å²) in [6, 6.07) is 11.8. The van der Waals surface area contributed by atoms with E-state index in [1.807, 2.05) is 69.2 Å². The van der Waals surface area contributed by atoms with Crippen molar-refractivity contribution < 1.29 is 9.53 Å². The molecule has 0 saturated carbocycles. The highest BCUT2D eigenvalue weighted by Gasteiger charge is 2.08. The fraction of sp³-hybridized carbons (Fsp3) is 0.263. The Labute approximate surface area is 156 Å². The van der Waals surface area contributed by atoms with E-state index in [4.69, 9.17) is 4.74 Å². The molecule has 2 rings (SSSR count). The van der Waals surface area contributed by atoms with Crippen LogP contribution in [0.1, 0.15) is 16.7 Å². The van der Waals surface area contributed by atoms with Gasteiger partial charge < -0.3 is 9.64 Å². The number of nitrogens with one attached hydrogen (secondary N) is 1. The fourth-order valence-electron chi connectivity index (χ4n) is 2.29. The van der Waals surface area contributed by atoms with Crippen LogP contribution in [0.3, 0.4) is 0 Å². The van der Waals surface area contributed by atoms with Gasteiger partial charge in [-0.05, 0) is 64.7 Å². The predicted molar refractivity (Wildman–Crippen MR) is 106 cm³/mol. The second-order valence-corrected chi connectivity index (χ2v) is 6.81. The molecule has 0 aliphatic carbocycles. The van der Waals surface area contributed by atoms with Crippen LogP contribution in [-0.2, 0) is 4.79 Å². The van der Waals surface area contributed by atoms with Crippen LogP contribution >= 0.6 is 15.9 Å². The fourth-order valence-corrected chi connectivity index (χ4v) is 3.08. The monoisotopic (exact) mass is 403 g/mol. The van der Waals surface area contributed by atoms with E-state index in [1.165, 1.54) is 0 Å². The highest BCUT2D eigenvalue weighted by atomic mass is 79.9. The van der Waals surface area contributed by atoms with Crippen LogP contribution in [0.5, 0.6) is 5.75 Å². The molecule has 6 heteroatoms. The van der Waals surface area contributed by atoms with E-state index >= 15 is 0 Å². The number of carbonyl (C=O) groups is 1. The van der Waals surface area contributed by atoms with Crippen molar-refractivity contribution in [3.63, 3.8) is 0 Å². The second-order valence-electron chi connectivity index (χ2n) is 5.96. The number of rotatable bonds is 6. The third kappa shape index (κ3) is 5.60. The van der Waals surface area contributed by atoms with Gasteiger partial charge in [-0.2, -0.15) is 5.10 Å². The first kappa shape index (κ1) is 19.0. The summed E-state index contributed by atoms with van der Waals surface area (Å²) in [5.74, 6) is 0.358. The number of aryl methyl sites for hydroxylation is 2. The lowest BCUT2D eigenvalue weighted by Crippen LogP contribution is -2.24. The standard InChI is InChI=1S/C19H22BrN3O2/c1-13-9-14(2)19(17(20)10-13)25-12-18(24)22-21-11-15-5-7-16(8-6-15)23(3)4/h5-11H,12H2,1-4H3,(H,22,24). The molecule has 5 nitrogen and oxygen atoms in total. The summed E-state index contributed by atoms with van der Waals surface area (Å²) in [7, 11) is 3.97. The molecule has 0 aliphatic rings. The van der Waals surface area contributed by atoms with Gasteiger partial charge in [0.25, 0.3) is 5.91 Å². The van der Waals surface area contributed by atoms with E-state index < -0.39 is 0 Å². The molecule has 0 saturated heterocycles. The summed E-state index contributed by atoms with van der Waals surface area (Å²) < 4.78 is 6.43. The summed E-state index contributed by atoms with van der Waals surface area (Å²) in [5, 5.41) is 3.96. The zero-order valence-electron chi connectivity index (χ0n) is 14.8. The number of amides is 1. The topological polar surface area (TPSA) is 53.9 Å². The number of hydrazone groups is 1. The third-order valence-electron chi connectivity index (χ3n) is 3.53. The maximum atomic E-state index is 11.9. The van der Waals surface area contributed by atoms with Crippen molar-refractivity contribution in [3.8, 4) is 5.75 Å². The summed E-state index contributed by atoms with van der Waals surface area (Å²) in [4.78, 5) is 13.9. The molecular weight excluding hydrogens is 382 g/mol. The van der Waals surface area contributed by atoms with Gasteiger partial charge in [0.15, 0.2) is 6.61 Å². The third-order valence-corrected chi connectivity index (χ3v) is 4.12. The van der Waals surface area contributed by atoms with E-state index in [9.17, 15) is 4.79 Å². The van der Waals surface area contributed by atoms with Crippen molar-refractivity contribution in [2.24, 2.45) is 5.10 Å². The number of carbonyl (C=O) groups excluding carboxylic acids is 1. The molecule has 0 fully saturated rings. The number of halogens is 1. The molecule has 132 valence electrons. The average Bonchev–Trinajstić information content (AvgIpc) is 2.54. The lowest BCUT2D eigenvalue weighted by Gasteiger charge is -2.12. The largest absolute Gasteiger partial charge is 0.482 e. The van der Waals surface area contributed by atoms with Gasteiger partial charge in [-0.1, -0.05) is 18.2 Å². The molecule has 0 unspecified atom stereocenters. The highest BCUT2D eigenvalue weighted by Crippen LogP contribution is 2.30. The number of hydrogen-bond donors (Lipinski definition) is 1. The van der Waals surface area contributed by atoms with Crippen LogP contribution in [0.25, 0.3) is 0 Å². The van der Waals surface area contributed by atoms with Crippen LogP contribution in [0.15, 0.2) is 46.0 Å². The SMILES string of the molecule is Cc1cc(C)c(OCC(=O)NN=Cc2ccc(N(C)C)cc2)c(Br)c1. The van der Waals surface area contributed by atoms with Crippen molar-refractivity contribution in [1.29, 1.82) is 0 Å². The lowest BCUT2D eigenvalue weighted by molar-refractivity contribution is -0.123. The maximum absolute atomic E-state index is 11.9. The minimum absolute atomic E-state index is 0.0978. The Morgan fingerprint density at radius 2 is 1.92 bits per heavy atom. The highest BCUT2D eigenvalue weighted by molar-refractivity contribution is 9.10. The van der Waals surface area contributed by atoms with E-state index in [2.05, 4.69) is 26.5 Å². The van der Waals surface area contributed by atoms with Crippen molar-refractivity contribution in [2.45, 2.75) is 13.8 Å². The average molecular weight is 404 g/mol. The molecule has 0 aromatic heterocycles. The Hall–Kier alpha value is -2.34. The number of anilines is 1. The first-order valence-electron chi connectivity index (χ1n) is 7.85. The van der Waals surface area contributed by atoms with Gasteiger partial charge in [-0.25, -0.2) is 5.43 Å². The molecule has 25 heavy (non-hydrogen) atoms. The number of benzene rings is 2. The molecule has 0 spiro atoms. The summed E-state index contributed by atoms with van der Waals surface area (Å²) in [5.41, 5.74) is 6.59. The Balaban J connectivity index is 1.86. The normalized spacial score (nSPS) is 10.8. The van der Waals surface area contributed by atoms with E-state index in [0.29, 0.717) is 5.75 Å². The van der Waals surface area contributed by atoms with Gasteiger partial charge in [0.2, 0.25) is 0 Å². The van der Waals surface area contributed by atoms with Crippen LogP contribution in [0, 0.1) is 13.8 Å². The number of ether oxygens (including phenoxy) is 1. The van der Waals surface area contributed by atoms with E-state index in [-0.39, 0.29) is 12.5 Å². The molecule has 0 heterocycles. The minimum Gasteiger partial charge on any atom is -0.482 e. The molecule has 0 aliphatic heterocycles. The molecular formula is C19H22BrN3O2. The van der Waals surface area contributed by atoms with Crippen LogP contribution in [0.2, 0.25) is 0 Å². The second kappa shape index (κ2) is 8.67. The Morgan fingerprint density at radius 1 is 1.24 bits per heavy atom. The van der Waals surface area contributed by atoms with Crippen molar-refractivity contribution in [2.75, 3.05) is 25.6 Å². The van der Waals surface area contributed by atoms with Crippen molar-refractivity contribution in [1.82, 2.24) is 5.43 Å².